The fourth-order valence-corrected chi connectivity index (χ4v) is 3.15. The number of amides is 1. The Kier molecular flexibility index (Phi) is 6.93. The zero-order chi connectivity index (χ0) is 17.5. The van der Waals surface area contributed by atoms with Gasteiger partial charge in [-0.25, -0.2) is 0 Å². The van der Waals surface area contributed by atoms with Gasteiger partial charge in [0.1, 0.15) is 0 Å². The molecule has 132 valence electrons. The summed E-state index contributed by atoms with van der Waals surface area (Å²) in [6.45, 7) is 2.50. The first-order chi connectivity index (χ1) is 11.6. The molecule has 0 bridgehead atoms. The number of hydrogen-bond donors (Lipinski definition) is 4. The van der Waals surface area contributed by atoms with E-state index in [1.807, 2.05) is 49.4 Å². The van der Waals surface area contributed by atoms with Crippen molar-refractivity contribution < 1.29 is 20.1 Å². The van der Waals surface area contributed by atoms with Crippen LogP contribution in [-0.4, -0.2) is 70.1 Å². The molecule has 1 heterocycles. The van der Waals surface area contributed by atoms with Crippen LogP contribution >= 0.6 is 0 Å². The highest BCUT2D eigenvalue weighted by Gasteiger charge is 2.47. The Labute approximate surface area is 142 Å². The number of carbonyl (C=O) groups excluding carboxylic acids is 1. The number of nitrogens with one attached hydrogen (secondary N) is 1. The van der Waals surface area contributed by atoms with Crippen molar-refractivity contribution in [1.82, 2.24) is 10.2 Å². The van der Waals surface area contributed by atoms with Crippen LogP contribution in [-0.2, 0) is 4.79 Å². The Morgan fingerprint density at radius 2 is 1.88 bits per heavy atom. The monoisotopic (exact) mass is 334 g/mol. The summed E-state index contributed by atoms with van der Waals surface area (Å²) >= 11 is 0. The van der Waals surface area contributed by atoms with Crippen molar-refractivity contribution in [3.63, 3.8) is 0 Å². The first kappa shape index (κ1) is 18.6. The molecule has 0 spiro atoms. The van der Waals surface area contributed by atoms with Gasteiger partial charge in [-0.05, 0) is 12.5 Å². The van der Waals surface area contributed by atoms with E-state index in [1.165, 1.54) is 0 Å². The highest BCUT2D eigenvalue weighted by Crippen LogP contribution is 2.27. The summed E-state index contributed by atoms with van der Waals surface area (Å²) in [7, 11) is 0. The number of rotatable bonds is 7. The summed E-state index contributed by atoms with van der Waals surface area (Å²) < 4.78 is 0. The van der Waals surface area contributed by atoms with E-state index in [-0.39, 0.29) is 18.9 Å². The Morgan fingerprint density at radius 1 is 1.21 bits per heavy atom. The highest BCUT2D eigenvalue weighted by molar-refractivity contribution is 5.76. The summed E-state index contributed by atoms with van der Waals surface area (Å²) in [6.07, 6.45) is 1.80. The lowest BCUT2D eigenvalue weighted by Crippen LogP contribution is -2.43. The van der Waals surface area contributed by atoms with Crippen LogP contribution in [0.25, 0.3) is 6.08 Å². The maximum atomic E-state index is 11.9. The number of hydrogen-bond acceptors (Lipinski definition) is 5. The molecule has 1 aliphatic heterocycles. The zero-order valence-corrected chi connectivity index (χ0v) is 13.9. The molecule has 4 atom stereocenters. The van der Waals surface area contributed by atoms with E-state index >= 15 is 0 Å². The summed E-state index contributed by atoms with van der Waals surface area (Å²) in [5, 5.41) is 32.7. The molecule has 0 unspecified atom stereocenters. The molecule has 2 rings (SSSR count). The smallest absolute Gasteiger partial charge is 0.221 e. The second kappa shape index (κ2) is 8.94. The lowest BCUT2D eigenvalue weighted by atomic mass is 10.1. The van der Waals surface area contributed by atoms with Crippen molar-refractivity contribution in [2.45, 2.75) is 37.6 Å². The van der Waals surface area contributed by atoms with E-state index < -0.39 is 24.3 Å². The maximum Gasteiger partial charge on any atom is 0.221 e. The third-order valence-corrected chi connectivity index (χ3v) is 4.37. The molecule has 1 saturated heterocycles. The van der Waals surface area contributed by atoms with Gasteiger partial charge < -0.3 is 20.6 Å². The van der Waals surface area contributed by atoms with Crippen molar-refractivity contribution in [2.24, 2.45) is 0 Å². The first-order valence-electron chi connectivity index (χ1n) is 8.29. The van der Waals surface area contributed by atoms with Crippen LogP contribution in [0.15, 0.2) is 36.4 Å². The molecule has 0 aromatic heterocycles. The van der Waals surface area contributed by atoms with Crippen molar-refractivity contribution >= 4 is 12.0 Å². The quantitative estimate of drug-likeness (QED) is 0.563. The van der Waals surface area contributed by atoms with Gasteiger partial charge in [0, 0.05) is 25.6 Å². The average Bonchev–Trinajstić information content (AvgIpc) is 2.80. The third-order valence-electron chi connectivity index (χ3n) is 4.37. The predicted octanol–water partition coefficient (Wildman–Crippen LogP) is -0.00710. The van der Waals surface area contributed by atoms with Gasteiger partial charge in [0.05, 0.1) is 24.9 Å². The first-order valence-corrected chi connectivity index (χ1v) is 8.29. The van der Waals surface area contributed by atoms with E-state index in [2.05, 4.69) is 5.32 Å². The van der Waals surface area contributed by atoms with E-state index in [0.29, 0.717) is 13.1 Å². The molecule has 0 aliphatic carbocycles. The molecule has 1 amide bonds. The number of nitrogens with zero attached hydrogens (tertiary/aromatic N) is 1. The molecule has 1 aromatic carbocycles. The SMILES string of the molecule is CCNC(=O)C[C@@H]1[C@@H](O)[C@H](O)[C@@H](CO)N1CC=Cc1ccccc1. The Bertz CT molecular complexity index is 549. The van der Waals surface area contributed by atoms with Crippen LogP contribution in [0.2, 0.25) is 0 Å². The second-order valence-electron chi connectivity index (χ2n) is 5.97. The van der Waals surface area contributed by atoms with Gasteiger partial charge in [-0.1, -0.05) is 42.5 Å². The summed E-state index contributed by atoms with van der Waals surface area (Å²) in [4.78, 5) is 13.7. The van der Waals surface area contributed by atoms with E-state index in [0.717, 1.165) is 5.56 Å². The molecule has 0 radical (unpaired) electrons. The van der Waals surface area contributed by atoms with Gasteiger partial charge in [-0.15, -0.1) is 0 Å². The summed E-state index contributed by atoms with van der Waals surface area (Å²) in [5.74, 6) is -0.177. The third kappa shape index (κ3) is 4.42. The lowest BCUT2D eigenvalue weighted by Gasteiger charge is -2.28. The normalized spacial score (nSPS) is 27.7. The van der Waals surface area contributed by atoms with Crippen molar-refractivity contribution in [2.75, 3.05) is 19.7 Å². The molecule has 6 heteroatoms. The molecular formula is C18H26N2O4. The summed E-state index contributed by atoms with van der Waals surface area (Å²) in [5.41, 5.74) is 1.04. The minimum Gasteiger partial charge on any atom is -0.395 e. The lowest BCUT2D eigenvalue weighted by molar-refractivity contribution is -0.122. The van der Waals surface area contributed by atoms with E-state index in [9.17, 15) is 20.1 Å². The Balaban J connectivity index is 2.08. The summed E-state index contributed by atoms with van der Waals surface area (Å²) in [6, 6.07) is 8.66. The molecular weight excluding hydrogens is 308 g/mol. The molecule has 24 heavy (non-hydrogen) atoms. The molecule has 6 nitrogen and oxygen atoms in total. The van der Waals surface area contributed by atoms with E-state index in [1.54, 1.807) is 4.90 Å². The maximum absolute atomic E-state index is 11.9. The number of aliphatic hydroxyl groups is 3. The van der Waals surface area contributed by atoms with Gasteiger partial charge in [-0.3, -0.25) is 9.69 Å². The van der Waals surface area contributed by atoms with Gasteiger partial charge in [0.25, 0.3) is 0 Å². The van der Waals surface area contributed by atoms with Crippen molar-refractivity contribution in [3.05, 3.63) is 42.0 Å². The molecule has 1 aromatic rings. The van der Waals surface area contributed by atoms with Gasteiger partial charge in [-0.2, -0.15) is 0 Å². The topological polar surface area (TPSA) is 93.0 Å². The minimum absolute atomic E-state index is 0.0851. The standard InChI is InChI=1S/C18H26N2O4/c1-2-19-16(22)11-14-17(23)18(24)15(12-21)20(14)10-6-9-13-7-4-3-5-8-13/h3-9,14-15,17-18,21,23-24H,2,10-12H2,1H3,(H,19,22)/t14-,15-,17-,18-/m1/s1. The van der Waals surface area contributed by atoms with Crippen LogP contribution < -0.4 is 5.32 Å². The van der Waals surface area contributed by atoms with Gasteiger partial charge in [0.15, 0.2) is 0 Å². The zero-order valence-electron chi connectivity index (χ0n) is 13.9. The number of aliphatic hydroxyl groups excluding tert-OH is 3. The van der Waals surface area contributed by atoms with Crippen LogP contribution in [0, 0.1) is 0 Å². The second-order valence-corrected chi connectivity index (χ2v) is 5.97. The molecule has 0 saturated carbocycles. The highest BCUT2D eigenvalue weighted by atomic mass is 16.3. The molecule has 1 aliphatic rings. The van der Waals surface area contributed by atoms with Crippen molar-refractivity contribution in [3.8, 4) is 0 Å². The number of carbonyl (C=O) groups is 1. The average molecular weight is 334 g/mol. The minimum atomic E-state index is -1.07. The number of likely N-dealkylation sites (tertiary alicyclic amines) is 1. The Morgan fingerprint density at radius 3 is 2.50 bits per heavy atom. The van der Waals surface area contributed by atoms with E-state index in [4.69, 9.17) is 0 Å². The number of benzene rings is 1. The van der Waals surface area contributed by atoms with Gasteiger partial charge >= 0.3 is 0 Å². The fraction of sp³-hybridized carbons (Fsp3) is 0.500. The van der Waals surface area contributed by atoms with Crippen LogP contribution in [0.5, 0.6) is 0 Å². The van der Waals surface area contributed by atoms with Crippen LogP contribution in [0.3, 0.4) is 0 Å². The fourth-order valence-electron chi connectivity index (χ4n) is 3.15. The van der Waals surface area contributed by atoms with Gasteiger partial charge in [0.2, 0.25) is 5.91 Å². The van der Waals surface area contributed by atoms with Crippen molar-refractivity contribution in [1.29, 1.82) is 0 Å². The van der Waals surface area contributed by atoms with Crippen LogP contribution in [0.1, 0.15) is 18.9 Å². The molecule has 1 fully saturated rings. The Hall–Kier alpha value is -1.73. The van der Waals surface area contributed by atoms with Crippen LogP contribution in [0.4, 0.5) is 0 Å². The predicted molar refractivity (Wildman–Crippen MR) is 92.2 cm³/mol. The largest absolute Gasteiger partial charge is 0.395 e. The molecule has 4 N–H and O–H groups in total.